The predicted molar refractivity (Wildman–Crippen MR) is 131 cm³/mol. The number of benzene rings is 3. The average molecular weight is 491 g/mol. The Kier molecular flexibility index (Phi) is 5.89. The highest BCUT2D eigenvalue weighted by atomic mass is 79.9. The molecular formula is C26H23BrN2O3. The van der Waals surface area contributed by atoms with Crippen molar-refractivity contribution in [3.05, 3.63) is 99.5 Å². The zero-order chi connectivity index (χ0) is 23.0. The van der Waals surface area contributed by atoms with Crippen LogP contribution in [0.15, 0.2) is 82.8 Å². The van der Waals surface area contributed by atoms with E-state index >= 15 is 0 Å². The van der Waals surface area contributed by atoms with Gasteiger partial charge >= 0.3 is 0 Å². The smallest absolute Gasteiger partial charge is 0.300 e. The number of carbonyl (C=O) groups excluding carboxylic acids is 2. The van der Waals surface area contributed by atoms with Crippen molar-refractivity contribution < 1.29 is 14.7 Å². The number of amides is 1. The van der Waals surface area contributed by atoms with E-state index in [1.54, 1.807) is 12.1 Å². The summed E-state index contributed by atoms with van der Waals surface area (Å²) in [6, 6.07) is 21.3. The second-order valence-corrected chi connectivity index (χ2v) is 8.91. The van der Waals surface area contributed by atoms with Gasteiger partial charge in [0.2, 0.25) is 0 Å². The highest BCUT2D eigenvalue weighted by molar-refractivity contribution is 9.10. The van der Waals surface area contributed by atoms with Crippen molar-refractivity contribution in [2.24, 2.45) is 0 Å². The zero-order valence-corrected chi connectivity index (χ0v) is 19.6. The number of aryl methyl sites for hydroxylation is 1. The number of halogens is 1. The zero-order valence-electron chi connectivity index (χ0n) is 18.0. The molecule has 1 aliphatic heterocycles. The molecule has 1 N–H and O–H groups in total. The van der Waals surface area contributed by atoms with Crippen LogP contribution in [-0.2, 0) is 9.59 Å². The number of anilines is 2. The molecule has 1 aliphatic rings. The van der Waals surface area contributed by atoms with Gasteiger partial charge in [0.15, 0.2) is 0 Å². The maximum atomic E-state index is 13.2. The van der Waals surface area contributed by atoms with Crippen LogP contribution in [0.1, 0.15) is 22.7 Å². The molecule has 0 saturated carbocycles. The van der Waals surface area contributed by atoms with Gasteiger partial charge < -0.3 is 10.0 Å². The molecule has 1 unspecified atom stereocenters. The fourth-order valence-electron chi connectivity index (χ4n) is 3.84. The van der Waals surface area contributed by atoms with Crippen LogP contribution in [0.25, 0.3) is 5.76 Å². The summed E-state index contributed by atoms with van der Waals surface area (Å²) in [5.41, 5.74) is 3.92. The van der Waals surface area contributed by atoms with E-state index < -0.39 is 17.7 Å². The van der Waals surface area contributed by atoms with E-state index in [0.29, 0.717) is 11.3 Å². The van der Waals surface area contributed by atoms with Crippen LogP contribution in [-0.4, -0.2) is 30.9 Å². The van der Waals surface area contributed by atoms with Crippen molar-refractivity contribution in [2.75, 3.05) is 23.9 Å². The number of carbonyl (C=O) groups is 2. The van der Waals surface area contributed by atoms with Gasteiger partial charge in [0.1, 0.15) is 5.76 Å². The molecule has 1 heterocycles. The summed E-state index contributed by atoms with van der Waals surface area (Å²) in [7, 11) is 3.87. The van der Waals surface area contributed by atoms with Crippen LogP contribution in [0.5, 0.6) is 0 Å². The van der Waals surface area contributed by atoms with Crippen LogP contribution in [0, 0.1) is 6.92 Å². The molecule has 1 atom stereocenters. The minimum atomic E-state index is -0.741. The molecule has 32 heavy (non-hydrogen) atoms. The first-order chi connectivity index (χ1) is 15.3. The Hall–Kier alpha value is -3.38. The van der Waals surface area contributed by atoms with Crippen LogP contribution < -0.4 is 9.80 Å². The lowest BCUT2D eigenvalue weighted by atomic mass is 9.95. The van der Waals surface area contributed by atoms with E-state index in [0.717, 1.165) is 21.3 Å². The number of hydrogen-bond acceptors (Lipinski definition) is 4. The maximum absolute atomic E-state index is 13.2. The third kappa shape index (κ3) is 3.94. The molecule has 1 fully saturated rings. The summed E-state index contributed by atoms with van der Waals surface area (Å²) in [4.78, 5) is 29.8. The third-order valence-electron chi connectivity index (χ3n) is 5.60. The number of aliphatic hydroxyl groups is 1. The molecular weight excluding hydrogens is 468 g/mol. The minimum absolute atomic E-state index is 0.0814. The lowest BCUT2D eigenvalue weighted by Gasteiger charge is -2.26. The molecule has 0 bridgehead atoms. The van der Waals surface area contributed by atoms with Crippen molar-refractivity contribution in [2.45, 2.75) is 13.0 Å². The highest BCUT2D eigenvalue weighted by Gasteiger charge is 2.46. The number of aliphatic hydroxyl groups excluding tert-OH is 1. The minimum Gasteiger partial charge on any atom is -0.507 e. The fourth-order valence-corrected chi connectivity index (χ4v) is 4.10. The third-order valence-corrected chi connectivity index (χ3v) is 6.13. The Morgan fingerprint density at radius 3 is 2.06 bits per heavy atom. The molecule has 0 aromatic heterocycles. The second-order valence-electron chi connectivity index (χ2n) is 8.00. The molecule has 0 spiro atoms. The molecule has 3 aromatic carbocycles. The Morgan fingerprint density at radius 2 is 1.50 bits per heavy atom. The summed E-state index contributed by atoms with van der Waals surface area (Å²) in [6.45, 7) is 1.95. The van der Waals surface area contributed by atoms with Crippen LogP contribution in [0.2, 0.25) is 0 Å². The van der Waals surface area contributed by atoms with Crippen molar-refractivity contribution >= 4 is 44.8 Å². The molecule has 0 aliphatic carbocycles. The first kappa shape index (κ1) is 21.8. The standard InChI is InChI=1S/C26H23BrN2O3/c1-16-4-6-18(7-5-16)24(30)22-23(17-8-10-19(27)11-9-17)29(26(32)25(22)31)21-14-12-20(13-15-21)28(2)3/h4-15,23,30H,1-3H3/b24-22+. The molecule has 5 nitrogen and oxygen atoms in total. The summed E-state index contributed by atoms with van der Waals surface area (Å²) >= 11 is 3.43. The number of ketones is 1. The topological polar surface area (TPSA) is 60.9 Å². The van der Waals surface area contributed by atoms with Crippen molar-refractivity contribution in [3.8, 4) is 0 Å². The Balaban J connectivity index is 1.90. The number of nitrogens with zero attached hydrogens (tertiary/aromatic N) is 2. The predicted octanol–water partition coefficient (Wildman–Crippen LogP) is 5.45. The Morgan fingerprint density at radius 1 is 0.906 bits per heavy atom. The summed E-state index contributed by atoms with van der Waals surface area (Å²) in [5.74, 6) is -1.54. The van der Waals surface area contributed by atoms with Gasteiger partial charge in [-0.3, -0.25) is 14.5 Å². The van der Waals surface area contributed by atoms with Gasteiger partial charge in [-0.05, 0) is 48.9 Å². The van der Waals surface area contributed by atoms with Crippen molar-refractivity contribution in [1.29, 1.82) is 0 Å². The van der Waals surface area contributed by atoms with Gasteiger partial charge in [0, 0.05) is 35.5 Å². The van der Waals surface area contributed by atoms with Crippen LogP contribution in [0.3, 0.4) is 0 Å². The van der Waals surface area contributed by atoms with E-state index in [-0.39, 0.29) is 11.3 Å². The Labute approximate surface area is 195 Å². The lowest BCUT2D eigenvalue weighted by Crippen LogP contribution is -2.29. The molecule has 1 saturated heterocycles. The first-order valence-corrected chi connectivity index (χ1v) is 11.0. The molecule has 0 radical (unpaired) electrons. The van der Waals surface area contributed by atoms with Gasteiger partial charge in [-0.1, -0.05) is 57.9 Å². The average Bonchev–Trinajstić information content (AvgIpc) is 3.05. The quantitative estimate of drug-likeness (QED) is 0.300. The van der Waals surface area contributed by atoms with Gasteiger partial charge in [0.05, 0.1) is 11.6 Å². The van der Waals surface area contributed by atoms with E-state index in [9.17, 15) is 14.7 Å². The summed E-state index contributed by atoms with van der Waals surface area (Å²) < 4.78 is 0.882. The van der Waals surface area contributed by atoms with E-state index in [2.05, 4.69) is 15.9 Å². The maximum Gasteiger partial charge on any atom is 0.300 e. The first-order valence-electron chi connectivity index (χ1n) is 10.2. The van der Waals surface area contributed by atoms with Crippen molar-refractivity contribution in [3.63, 3.8) is 0 Å². The molecule has 162 valence electrons. The highest BCUT2D eigenvalue weighted by Crippen LogP contribution is 2.42. The van der Waals surface area contributed by atoms with Crippen LogP contribution in [0.4, 0.5) is 11.4 Å². The number of Topliss-reactive ketones (excluding diaryl/α,β-unsaturated/α-hetero) is 1. The van der Waals surface area contributed by atoms with E-state index in [1.165, 1.54) is 4.90 Å². The van der Waals surface area contributed by atoms with Gasteiger partial charge in [-0.2, -0.15) is 0 Å². The van der Waals surface area contributed by atoms with Gasteiger partial charge in [0.25, 0.3) is 11.7 Å². The van der Waals surface area contributed by atoms with E-state index in [1.807, 2.05) is 86.6 Å². The number of rotatable bonds is 4. The van der Waals surface area contributed by atoms with Gasteiger partial charge in [-0.15, -0.1) is 0 Å². The largest absolute Gasteiger partial charge is 0.507 e. The second kappa shape index (κ2) is 8.63. The Bertz CT molecular complexity index is 1200. The number of hydrogen-bond donors (Lipinski definition) is 1. The summed E-state index contributed by atoms with van der Waals surface area (Å²) in [6.07, 6.45) is 0. The lowest BCUT2D eigenvalue weighted by molar-refractivity contribution is -0.132. The summed E-state index contributed by atoms with van der Waals surface area (Å²) in [5, 5.41) is 11.1. The fraction of sp³-hybridized carbons (Fsp3) is 0.154. The SMILES string of the molecule is Cc1ccc(/C(O)=C2\C(=O)C(=O)N(c3ccc(N(C)C)cc3)C2c2ccc(Br)cc2)cc1. The molecule has 6 heteroatoms. The molecule has 3 aromatic rings. The monoisotopic (exact) mass is 490 g/mol. The van der Waals surface area contributed by atoms with Gasteiger partial charge in [-0.25, -0.2) is 0 Å². The van der Waals surface area contributed by atoms with Crippen LogP contribution >= 0.6 is 15.9 Å². The molecule has 4 rings (SSSR count). The normalized spacial score (nSPS) is 17.6. The van der Waals surface area contributed by atoms with Crippen molar-refractivity contribution in [1.82, 2.24) is 0 Å². The molecule has 1 amide bonds. The van der Waals surface area contributed by atoms with E-state index in [4.69, 9.17) is 0 Å².